The molecule has 2 aromatic heterocycles. The molecule has 136 valence electrons. The summed E-state index contributed by atoms with van der Waals surface area (Å²) in [7, 11) is 1.77. The van der Waals surface area contributed by atoms with E-state index in [1.807, 2.05) is 0 Å². The zero-order valence-electron chi connectivity index (χ0n) is 15.3. The molecule has 25 heavy (non-hydrogen) atoms. The highest BCUT2D eigenvalue weighted by Gasteiger charge is 2.16. The van der Waals surface area contributed by atoms with Crippen molar-refractivity contribution in [3.8, 4) is 0 Å². The van der Waals surface area contributed by atoms with Gasteiger partial charge in [-0.05, 0) is 19.3 Å². The Kier molecular flexibility index (Phi) is 5.67. The molecule has 2 N–H and O–H groups in total. The van der Waals surface area contributed by atoms with Crippen LogP contribution in [0.1, 0.15) is 55.4 Å². The van der Waals surface area contributed by atoms with Crippen molar-refractivity contribution in [1.29, 1.82) is 0 Å². The lowest BCUT2D eigenvalue weighted by Crippen LogP contribution is -2.37. The molecule has 0 unspecified atom stereocenters. The zero-order valence-corrected chi connectivity index (χ0v) is 15.3. The van der Waals surface area contributed by atoms with Crippen LogP contribution in [-0.2, 0) is 38.9 Å². The summed E-state index contributed by atoms with van der Waals surface area (Å²) in [6.45, 7) is 6.42. The fourth-order valence-corrected chi connectivity index (χ4v) is 3.19. The van der Waals surface area contributed by atoms with Crippen molar-refractivity contribution < 1.29 is 4.52 Å². The SMILES string of the molecule is CCc1noc(CC)c1CNC(=NC)NCc1nnc2n1CCCC2. The van der Waals surface area contributed by atoms with Crippen LogP contribution in [0.15, 0.2) is 9.52 Å². The molecule has 0 aliphatic carbocycles. The Bertz CT molecular complexity index is 710. The second-order valence-electron chi connectivity index (χ2n) is 6.16. The van der Waals surface area contributed by atoms with Crippen LogP contribution in [0.4, 0.5) is 0 Å². The van der Waals surface area contributed by atoms with Gasteiger partial charge in [-0.2, -0.15) is 0 Å². The first-order valence-corrected chi connectivity index (χ1v) is 9.08. The number of rotatable bonds is 6. The number of guanidine groups is 1. The lowest BCUT2D eigenvalue weighted by molar-refractivity contribution is 0.380. The van der Waals surface area contributed by atoms with Crippen LogP contribution in [0, 0.1) is 0 Å². The van der Waals surface area contributed by atoms with E-state index in [4.69, 9.17) is 4.52 Å². The van der Waals surface area contributed by atoms with Crippen LogP contribution in [0.3, 0.4) is 0 Å². The second-order valence-corrected chi connectivity index (χ2v) is 6.16. The number of hydrogen-bond donors (Lipinski definition) is 2. The van der Waals surface area contributed by atoms with E-state index in [1.54, 1.807) is 7.05 Å². The molecule has 0 bridgehead atoms. The quantitative estimate of drug-likeness (QED) is 0.610. The third-order valence-corrected chi connectivity index (χ3v) is 4.61. The third-order valence-electron chi connectivity index (χ3n) is 4.61. The Labute approximate surface area is 148 Å². The molecule has 0 amide bonds. The lowest BCUT2D eigenvalue weighted by Gasteiger charge is -2.16. The molecule has 0 fully saturated rings. The van der Waals surface area contributed by atoms with Crippen LogP contribution in [-0.4, -0.2) is 32.9 Å². The van der Waals surface area contributed by atoms with Gasteiger partial charge in [0.2, 0.25) is 0 Å². The third kappa shape index (κ3) is 3.83. The Hall–Kier alpha value is -2.38. The standard InChI is InChI=1S/C17H27N7O/c1-4-13-12(14(5-2)25-23-13)10-19-17(18-3)20-11-16-22-21-15-8-6-7-9-24(15)16/h4-11H2,1-3H3,(H2,18,19,20). The predicted octanol–water partition coefficient (Wildman–Crippen LogP) is 1.59. The summed E-state index contributed by atoms with van der Waals surface area (Å²) in [5, 5.41) is 19.4. The number of fused-ring (bicyclic) bond motifs is 1. The van der Waals surface area contributed by atoms with Gasteiger partial charge in [0.15, 0.2) is 11.8 Å². The molecule has 3 heterocycles. The molecule has 1 aliphatic heterocycles. The average Bonchev–Trinajstić information content (AvgIpc) is 3.25. The number of hydrogen-bond acceptors (Lipinski definition) is 5. The number of aryl methyl sites for hydroxylation is 3. The van der Waals surface area contributed by atoms with Crippen molar-refractivity contribution in [2.24, 2.45) is 4.99 Å². The lowest BCUT2D eigenvalue weighted by atomic mass is 10.1. The second kappa shape index (κ2) is 8.13. The van der Waals surface area contributed by atoms with Gasteiger partial charge >= 0.3 is 0 Å². The topological polar surface area (TPSA) is 93.2 Å². The molecular formula is C17H27N7O. The minimum absolute atomic E-state index is 0.609. The monoisotopic (exact) mass is 345 g/mol. The highest BCUT2D eigenvalue weighted by molar-refractivity contribution is 5.79. The summed E-state index contributed by atoms with van der Waals surface area (Å²) in [6.07, 6.45) is 5.11. The van der Waals surface area contributed by atoms with E-state index in [0.29, 0.717) is 13.1 Å². The van der Waals surface area contributed by atoms with Gasteiger partial charge < -0.3 is 19.7 Å². The zero-order chi connectivity index (χ0) is 17.6. The van der Waals surface area contributed by atoms with Gasteiger partial charge in [0.05, 0.1) is 12.2 Å². The maximum absolute atomic E-state index is 5.41. The Morgan fingerprint density at radius 3 is 2.76 bits per heavy atom. The van der Waals surface area contributed by atoms with Crippen molar-refractivity contribution >= 4 is 5.96 Å². The molecule has 2 aromatic rings. The van der Waals surface area contributed by atoms with Gasteiger partial charge in [-0.3, -0.25) is 4.99 Å². The summed E-state index contributed by atoms with van der Waals surface area (Å²) < 4.78 is 7.63. The fourth-order valence-electron chi connectivity index (χ4n) is 3.19. The number of nitrogens with zero attached hydrogens (tertiary/aromatic N) is 5. The molecule has 0 radical (unpaired) electrons. The van der Waals surface area contributed by atoms with E-state index in [-0.39, 0.29) is 0 Å². The maximum Gasteiger partial charge on any atom is 0.191 e. The van der Waals surface area contributed by atoms with Gasteiger partial charge in [0.1, 0.15) is 11.6 Å². The van der Waals surface area contributed by atoms with Crippen molar-refractivity contribution in [3.05, 3.63) is 28.7 Å². The van der Waals surface area contributed by atoms with E-state index in [2.05, 4.69) is 49.4 Å². The fraction of sp³-hybridized carbons (Fsp3) is 0.647. The Morgan fingerprint density at radius 2 is 2.00 bits per heavy atom. The minimum atomic E-state index is 0.609. The summed E-state index contributed by atoms with van der Waals surface area (Å²) in [5.41, 5.74) is 2.14. The van der Waals surface area contributed by atoms with Crippen molar-refractivity contribution in [1.82, 2.24) is 30.6 Å². The van der Waals surface area contributed by atoms with Gasteiger partial charge in [0, 0.05) is 38.5 Å². The minimum Gasteiger partial charge on any atom is -0.361 e. The molecule has 0 atom stereocenters. The highest BCUT2D eigenvalue weighted by atomic mass is 16.5. The smallest absolute Gasteiger partial charge is 0.191 e. The van der Waals surface area contributed by atoms with Gasteiger partial charge in [0.25, 0.3) is 0 Å². The number of aromatic nitrogens is 4. The van der Waals surface area contributed by atoms with Crippen LogP contribution >= 0.6 is 0 Å². The largest absolute Gasteiger partial charge is 0.361 e. The van der Waals surface area contributed by atoms with Crippen molar-refractivity contribution in [3.63, 3.8) is 0 Å². The number of nitrogens with one attached hydrogen (secondary N) is 2. The van der Waals surface area contributed by atoms with Gasteiger partial charge in [-0.25, -0.2) is 0 Å². The first-order chi connectivity index (χ1) is 12.3. The number of aliphatic imine (C=N–C) groups is 1. The normalized spacial score (nSPS) is 14.4. The summed E-state index contributed by atoms with van der Waals surface area (Å²) >= 11 is 0. The molecule has 1 aliphatic rings. The van der Waals surface area contributed by atoms with Crippen LogP contribution in [0.25, 0.3) is 0 Å². The maximum atomic E-state index is 5.41. The Morgan fingerprint density at radius 1 is 1.16 bits per heavy atom. The summed E-state index contributed by atoms with van der Waals surface area (Å²) in [5.74, 6) is 3.73. The van der Waals surface area contributed by atoms with Crippen molar-refractivity contribution in [2.45, 2.75) is 65.6 Å². The summed E-state index contributed by atoms with van der Waals surface area (Å²) in [4.78, 5) is 4.30. The molecule has 0 spiro atoms. The molecule has 8 heteroatoms. The van der Waals surface area contributed by atoms with E-state index in [1.165, 1.54) is 12.8 Å². The molecule has 3 rings (SSSR count). The first kappa shape index (κ1) is 17.4. The van der Waals surface area contributed by atoms with E-state index in [0.717, 1.165) is 60.4 Å². The van der Waals surface area contributed by atoms with Gasteiger partial charge in [-0.1, -0.05) is 19.0 Å². The summed E-state index contributed by atoms with van der Waals surface area (Å²) in [6, 6.07) is 0. The molecule has 0 saturated heterocycles. The highest BCUT2D eigenvalue weighted by Crippen LogP contribution is 2.16. The van der Waals surface area contributed by atoms with Gasteiger partial charge in [-0.15, -0.1) is 10.2 Å². The van der Waals surface area contributed by atoms with Crippen LogP contribution < -0.4 is 10.6 Å². The molecular weight excluding hydrogens is 318 g/mol. The van der Waals surface area contributed by atoms with Crippen molar-refractivity contribution in [2.75, 3.05) is 7.05 Å². The average molecular weight is 345 g/mol. The van der Waals surface area contributed by atoms with Crippen LogP contribution in [0.2, 0.25) is 0 Å². The van der Waals surface area contributed by atoms with E-state index < -0.39 is 0 Å². The predicted molar refractivity (Wildman–Crippen MR) is 95.3 cm³/mol. The van der Waals surface area contributed by atoms with Crippen LogP contribution in [0.5, 0.6) is 0 Å². The molecule has 0 aromatic carbocycles. The first-order valence-electron chi connectivity index (χ1n) is 9.08. The Balaban J connectivity index is 1.59. The molecule has 8 nitrogen and oxygen atoms in total. The van der Waals surface area contributed by atoms with E-state index in [9.17, 15) is 0 Å². The molecule has 0 saturated carbocycles. The van der Waals surface area contributed by atoms with E-state index >= 15 is 0 Å².